The fourth-order valence-corrected chi connectivity index (χ4v) is 2.82. The van der Waals surface area contributed by atoms with Gasteiger partial charge in [0.05, 0.1) is 27.9 Å². The molecule has 0 saturated heterocycles. The number of nitrogens with two attached hydrogens (primary N) is 1. The average molecular weight is 330 g/mol. The molecule has 2 N–H and O–H groups in total. The lowest BCUT2D eigenvalue weighted by atomic mass is 10.0. The first kappa shape index (κ1) is 10.0. The lowest BCUT2D eigenvalue weighted by Crippen LogP contribution is -2.03. The number of nitrogen functional groups attached to an aromatic ring is 1. The van der Waals surface area contributed by atoms with Gasteiger partial charge in [-0.1, -0.05) is 6.07 Å². The van der Waals surface area contributed by atoms with Crippen LogP contribution in [0.5, 0.6) is 5.75 Å². The van der Waals surface area contributed by atoms with Gasteiger partial charge in [0.25, 0.3) is 0 Å². The normalized spacial score (nSPS) is 15.5. The predicted octanol–water partition coefficient (Wildman–Crippen LogP) is 3.15. The minimum Gasteiger partial charge on any atom is -0.496 e. The Kier molecular flexibility index (Phi) is 2.62. The Balaban J connectivity index is 2.02. The van der Waals surface area contributed by atoms with E-state index in [4.69, 9.17) is 18.7 Å². The Morgan fingerprint density at radius 3 is 2.88 bits per heavy atom. The van der Waals surface area contributed by atoms with Gasteiger partial charge in [0.1, 0.15) is 5.75 Å². The highest BCUT2D eigenvalue weighted by Crippen LogP contribution is 2.29. The second-order valence-corrected chi connectivity index (χ2v) is 5.53. The van der Waals surface area contributed by atoms with Crippen LogP contribution in [0.2, 0.25) is 0 Å². The summed E-state index contributed by atoms with van der Waals surface area (Å²) in [6.07, 6.45) is 2.21. The number of nitrogens with zero attached hydrogens (tertiary/aromatic N) is 1. The van der Waals surface area contributed by atoms with Crippen LogP contribution < -0.4 is 10.5 Å². The van der Waals surface area contributed by atoms with Crippen molar-refractivity contribution in [3.05, 3.63) is 59.3 Å². The molecule has 0 bridgehead atoms. The summed E-state index contributed by atoms with van der Waals surface area (Å²) in [4.78, 5) is 12.1. The molecule has 0 aliphatic carbocycles. The SMILES string of the molecule is [2H]C([2H])([2H])OC(=O)c1ccc(Cc2cn(C)c3ccc(N)cc23)c(OC([2H])([2H])[2H])c1. The van der Waals surface area contributed by atoms with Gasteiger partial charge in [-0.25, -0.2) is 4.79 Å². The molecule has 0 spiro atoms. The van der Waals surface area contributed by atoms with Crippen molar-refractivity contribution >= 4 is 22.6 Å². The van der Waals surface area contributed by atoms with Crippen molar-refractivity contribution in [1.29, 1.82) is 0 Å². The Morgan fingerprint density at radius 2 is 2.08 bits per heavy atom. The summed E-state index contributed by atoms with van der Waals surface area (Å²) in [5.74, 6) is -1.16. The van der Waals surface area contributed by atoms with Crippen LogP contribution in [0.25, 0.3) is 10.9 Å². The molecule has 1 heterocycles. The molecule has 0 aliphatic rings. The van der Waals surface area contributed by atoms with Gasteiger partial charge >= 0.3 is 5.97 Å². The van der Waals surface area contributed by atoms with Crippen molar-refractivity contribution in [1.82, 2.24) is 4.57 Å². The van der Waals surface area contributed by atoms with Gasteiger partial charge in [0, 0.05) is 36.3 Å². The molecular formula is C19H20N2O3. The molecule has 0 fully saturated rings. The molecule has 124 valence electrons. The van der Waals surface area contributed by atoms with E-state index in [2.05, 4.69) is 4.74 Å². The topological polar surface area (TPSA) is 66.5 Å². The summed E-state index contributed by atoms with van der Waals surface area (Å²) in [5, 5.41) is 0.906. The van der Waals surface area contributed by atoms with E-state index in [1.807, 2.05) is 29.9 Å². The van der Waals surface area contributed by atoms with E-state index >= 15 is 0 Å². The summed E-state index contributed by atoms with van der Waals surface area (Å²) in [7, 11) is -3.79. The number of aromatic nitrogens is 1. The summed E-state index contributed by atoms with van der Waals surface area (Å²) in [5.41, 5.74) is 8.71. The number of hydrogen-bond donors (Lipinski definition) is 1. The average Bonchev–Trinajstić information content (AvgIpc) is 2.88. The third-order valence-corrected chi connectivity index (χ3v) is 3.98. The molecule has 3 aromatic rings. The Bertz CT molecular complexity index is 1100. The van der Waals surface area contributed by atoms with Gasteiger partial charge in [-0.05, 0) is 41.5 Å². The second kappa shape index (κ2) is 6.28. The standard InChI is InChI=1S/C19H20N2O3/c1-21-11-14(16-10-15(20)6-7-17(16)21)8-12-4-5-13(19(22)24-3)9-18(12)23-2/h4-7,9-11H,8,20H2,1-3H3/i2D3,3D3. The third kappa shape index (κ3) is 2.80. The van der Waals surface area contributed by atoms with Crippen LogP contribution in [0.15, 0.2) is 42.6 Å². The number of carbonyl (C=O) groups is 1. The van der Waals surface area contributed by atoms with Crippen LogP contribution in [0.4, 0.5) is 5.69 Å². The largest absolute Gasteiger partial charge is 0.496 e. The molecule has 5 heteroatoms. The van der Waals surface area contributed by atoms with E-state index < -0.39 is 20.0 Å². The van der Waals surface area contributed by atoms with E-state index in [0.717, 1.165) is 16.5 Å². The number of hydrogen-bond acceptors (Lipinski definition) is 4. The minimum absolute atomic E-state index is 0.0594. The Labute approximate surface area is 149 Å². The Hall–Kier alpha value is -2.95. The van der Waals surface area contributed by atoms with Crippen molar-refractivity contribution in [2.75, 3.05) is 19.8 Å². The molecule has 1 aromatic heterocycles. The molecule has 24 heavy (non-hydrogen) atoms. The zero-order valence-corrected chi connectivity index (χ0v) is 13.0. The predicted molar refractivity (Wildman–Crippen MR) is 94.5 cm³/mol. The number of anilines is 1. The fraction of sp³-hybridized carbons (Fsp3) is 0.211. The summed E-state index contributed by atoms with van der Waals surface area (Å²) >= 11 is 0. The molecule has 0 aliphatic heterocycles. The molecule has 3 rings (SSSR count). The maximum absolute atomic E-state index is 12.1. The molecule has 0 atom stereocenters. The van der Waals surface area contributed by atoms with Gasteiger partial charge in [-0.3, -0.25) is 0 Å². The van der Waals surface area contributed by atoms with Gasteiger partial charge in [0.2, 0.25) is 0 Å². The highest BCUT2D eigenvalue weighted by molar-refractivity contribution is 5.90. The van der Waals surface area contributed by atoms with E-state index in [1.165, 1.54) is 18.2 Å². The zero-order valence-electron chi connectivity index (χ0n) is 19.0. The first-order valence-electron chi connectivity index (χ1n) is 10.2. The quantitative estimate of drug-likeness (QED) is 0.589. The van der Waals surface area contributed by atoms with E-state index in [9.17, 15) is 4.79 Å². The number of methoxy groups -OCH3 is 2. The van der Waals surface area contributed by atoms with Crippen molar-refractivity contribution in [3.63, 3.8) is 0 Å². The smallest absolute Gasteiger partial charge is 0.337 e. The lowest BCUT2D eigenvalue weighted by molar-refractivity contribution is 0.0600. The maximum Gasteiger partial charge on any atom is 0.337 e. The zero-order chi connectivity index (χ0) is 22.3. The van der Waals surface area contributed by atoms with E-state index in [-0.39, 0.29) is 11.3 Å². The van der Waals surface area contributed by atoms with Crippen LogP contribution in [-0.4, -0.2) is 24.6 Å². The maximum atomic E-state index is 12.1. The van der Waals surface area contributed by atoms with Crippen molar-refractivity contribution in [3.8, 4) is 5.75 Å². The molecule has 0 unspecified atom stereocenters. The number of esters is 1. The Morgan fingerprint density at radius 1 is 1.21 bits per heavy atom. The van der Waals surface area contributed by atoms with Gasteiger partial charge in [-0.2, -0.15) is 0 Å². The molecule has 0 radical (unpaired) electrons. The van der Waals surface area contributed by atoms with Gasteiger partial charge in [-0.15, -0.1) is 0 Å². The number of rotatable bonds is 4. The highest BCUT2D eigenvalue weighted by Gasteiger charge is 2.13. The van der Waals surface area contributed by atoms with Crippen molar-refractivity contribution < 1.29 is 22.5 Å². The number of carbonyl (C=O) groups excluding carboxylic acids is 1. The first-order chi connectivity index (χ1) is 13.8. The third-order valence-electron chi connectivity index (χ3n) is 3.98. The molecule has 2 aromatic carbocycles. The van der Waals surface area contributed by atoms with E-state index in [1.54, 1.807) is 6.07 Å². The summed E-state index contributed by atoms with van der Waals surface area (Å²) in [6, 6.07) is 9.58. The fourth-order valence-electron chi connectivity index (χ4n) is 2.82. The van der Waals surface area contributed by atoms with Gasteiger partial charge < -0.3 is 19.8 Å². The van der Waals surface area contributed by atoms with Crippen LogP contribution >= 0.6 is 0 Å². The monoisotopic (exact) mass is 330 g/mol. The molecule has 0 amide bonds. The van der Waals surface area contributed by atoms with Crippen LogP contribution in [-0.2, 0) is 18.2 Å². The highest BCUT2D eigenvalue weighted by atomic mass is 16.5. The van der Waals surface area contributed by atoms with Crippen LogP contribution in [0, 0.1) is 0 Å². The number of ether oxygens (including phenoxy) is 2. The number of benzene rings is 2. The molecule has 0 saturated carbocycles. The van der Waals surface area contributed by atoms with Crippen LogP contribution in [0.3, 0.4) is 0 Å². The van der Waals surface area contributed by atoms with Crippen molar-refractivity contribution in [2.45, 2.75) is 6.42 Å². The molecule has 5 nitrogen and oxygen atoms in total. The second-order valence-electron chi connectivity index (χ2n) is 5.53. The van der Waals surface area contributed by atoms with E-state index in [0.29, 0.717) is 17.7 Å². The van der Waals surface area contributed by atoms with Crippen molar-refractivity contribution in [2.24, 2.45) is 7.05 Å². The summed E-state index contributed by atoms with van der Waals surface area (Å²) in [6.45, 7) is 0. The summed E-state index contributed by atoms with van der Waals surface area (Å²) < 4.78 is 54.8. The number of aryl methyl sites for hydroxylation is 1. The number of fused-ring (bicyclic) bond motifs is 1. The molecular weight excluding hydrogens is 304 g/mol. The van der Waals surface area contributed by atoms with Crippen LogP contribution in [0.1, 0.15) is 29.7 Å². The minimum atomic E-state index is -2.91. The van der Waals surface area contributed by atoms with Gasteiger partial charge in [0.15, 0.2) is 0 Å². The first-order valence-corrected chi connectivity index (χ1v) is 7.21. The lowest BCUT2D eigenvalue weighted by Gasteiger charge is -2.10.